The van der Waals surface area contributed by atoms with E-state index in [1.54, 1.807) is 0 Å². The van der Waals surface area contributed by atoms with Crippen molar-refractivity contribution in [3.63, 3.8) is 0 Å². The Hall–Kier alpha value is -1.01. The normalized spacial score (nSPS) is 21.2. The lowest BCUT2D eigenvalue weighted by Gasteiger charge is -2.16. The first kappa shape index (κ1) is 7.10. The lowest BCUT2D eigenvalue weighted by atomic mass is 10.9. The topological polar surface area (TPSA) is 69.5 Å². The molecule has 0 unspecified atom stereocenters. The summed E-state index contributed by atoms with van der Waals surface area (Å²) in [7, 11) is 2.59. The molecule has 0 radical (unpaired) electrons. The van der Waals surface area contributed by atoms with Crippen molar-refractivity contribution in [3.05, 3.63) is 0 Å². The number of methoxy groups -OCH3 is 2. The van der Waals surface area contributed by atoms with Crippen molar-refractivity contribution in [2.45, 2.75) is 6.10 Å². The van der Waals surface area contributed by atoms with Gasteiger partial charge in [-0.05, 0) is 0 Å². The highest BCUT2D eigenvalue weighted by Crippen LogP contribution is 2.21. The lowest BCUT2D eigenvalue weighted by molar-refractivity contribution is -0.321. The molecule has 0 atom stereocenters. The van der Waals surface area contributed by atoms with Crippen molar-refractivity contribution >= 4 is 6.09 Å². The fourth-order valence-electron chi connectivity index (χ4n) is 0.502. The molecular formula is C4H6N2O4. The number of cyclic esters (lactones) is 1. The summed E-state index contributed by atoms with van der Waals surface area (Å²) < 4.78 is 13.6. The Balaban J connectivity index is 2.70. The monoisotopic (exact) mass is 146 g/mol. The maximum absolute atomic E-state index is 10.3. The van der Waals surface area contributed by atoms with Gasteiger partial charge in [0.05, 0.1) is 0 Å². The number of rotatable bonds is 2. The minimum absolute atomic E-state index is 0.816. The van der Waals surface area contributed by atoms with Gasteiger partial charge in [-0.3, -0.25) is 9.47 Å². The highest BCUT2D eigenvalue weighted by molar-refractivity contribution is 5.68. The fraction of sp³-hybridized carbons (Fsp3) is 0.750. The zero-order valence-electron chi connectivity index (χ0n) is 5.53. The van der Waals surface area contributed by atoms with Gasteiger partial charge in [-0.2, -0.15) is 0 Å². The number of azo groups is 1. The van der Waals surface area contributed by atoms with Gasteiger partial charge in [-0.25, -0.2) is 4.79 Å². The number of ether oxygens (including phenoxy) is 3. The molecule has 10 heavy (non-hydrogen) atoms. The van der Waals surface area contributed by atoms with Crippen LogP contribution in [0.2, 0.25) is 0 Å². The first-order chi connectivity index (χ1) is 4.72. The fourth-order valence-corrected chi connectivity index (χ4v) is 0.502. The van der Waals surface area contributed by atoms with Crippen LogP contribution in [-0.4, -0.2) is 26.4 Å². The maximum atomic E-state index is 10.3. The van der Waals surface area contributed by atoms with Crippen LogP contribution in [0, 0.1) is 0 Å². The van der Waals surface area contributed by atoms with E-state index in [0.29, 0.717) is 0 Å². The predicted molar refractivity (Wildman–Crippen MR) is 28.1 cm³/mol. The smallest absolute Gasteiger partial charge is 0.368 e. The summed E-state index contributed by atoms with van der Waals surface area (Å²) in [6, 6.07) is 0. The molecule has 0 N–H and O–H groups in total. The SMILES string of the molecule is COC1(OC)N=NC(=O)O1. The van der Waals surface area contributed by atoms with Gasteiger partial charge >= 0.3 is 12.2 Å². The van der Waals surface area contributed by atoms with Gasteiger partial charge in [-0.1, -0.05) is 10.2 Å². The van der Waals surface area contributed by atoms with Crippen molar-refractivity contribution in [2.24, 2.45) is 10.2 Å². The summed E-state index contributed by atoms with van der Waals surface area (Å²) in [6.07, 6.45) is -2.46. The van der Waals surface area contributed by atoms with Gasteiger partial charge < -0.3 is 4.74 Å². The number of hydrogen-bond acceptors (Lipinski definition) is 5. The van der Waals surface area contributed by atoms with E-state index in [9.17, 15) is 4.79 Å². The zero-order chi connectivity index (χ0) is 7.61. The van der Waals surface area contributed by atoms with E-state index in [2.05, 4.69) is 24.4 Å². The largest absolute Gasteiger partial charge is 0.463 e. The summed E-state index contributed by atoms with van der Waals surface area (Å²) in [4.78, 5) is 10.3. The summed E-state index contributed by atoms with van der Waals surface area (Å²) in [5.74, 6) is 0. The van der Waals surface area contributed by atoms with Gasteiger partial charge in [-0.15, -0.1) is 0 Å². The lowest BCUT2D eigenvalue weighted by Crippen LogP contribution is -2.32. The van der Waals surface area contributed by atoms with Crippen molar-refractivity contribution in [2.75, 3.05) is 14.2 Å². The second kappa shape index (κ2) is 2.31. The second-order valence-electron chi connectivity index (χ2n) is 1.50. The van der Waals surface area contributed by atoms with Crippen LogP contribution < -0.4 is 0 Å². The number of carbonyl (C=O) groups is 1. The standard InChI is InChI=1S/C4H6N2O4/c1-8-4(9-2)6-5-3(7)10-4/h1-2H3. The maximum Gasteiger partial charge on any atom is 0.463 e. The number of nitrogens with zero attached hydrogens (tertiary/aromatic N) is 2. The second-order valence-corrected chi connectivity index (χ2v) is 1.50. The van der Waals surface area contributed by atoms with Crippen molar-refractivity contribution in [1.29, 1.82) is 0 Å². The zero-order valence-corrected chi connectivity index (χ0v) is 5.53. The minimum Gasteiger partial charge on any atom is -0.368 e. The average Bonchev–Trinajstić information content (AvgIpc) is 2.33. The molecule has 0 fully saturated rings. The molecule has 0 aromatic carbocycles. The van der Waals surface area contributed by atoms with Crippen LogP contribution in [0.1, 0.15) is 0 Å². The van der Waals surface area contributed by atoms with Crippen molar-refractivity contribution in [3.8, 4) is 0 Å². The predicted octanol–water partition coefficient (Wildman–Crippen LogP) is 0.493. The number of hydrogen-bond donors (Lipinski definition) is 0. The Labute approximate surface area is 56.8 Å². The van der Waals surface area contributed by atoms with Crippen molar-refractivity contribution < 1.29 is 19.0 Å². The van der Waals surface area contributed by atoms with Gasteiger partial charge in [0.25, 0.3) is 0 Å². The average molecular weight is 146 g/mol. The molecule has 6 nitrogen and oxygen atoms in total. The Morgan fingerprint density at radius 3 is 2.30 bits per heavy atom. The van der Waals surface area contributed by atoms with Crippen LogP contribution in [-0.2, 0) is 14.2 Å². The summed E-state index contributed by atoms with van der Waals surface area (Å²) >= 11 is 0. The quantitative estimate of drug-likeness (QED) is 0.531. The molecule has 1 heterocycles. The molecule has 1 rings (SSSR count). The van der Waals surface area contributed by atoms with Crippen molar-refractivity contribution in [1.82, 2.24) is 0 Å². The Bertz CT molecular complexity index is 174. The van der Waals surface area contributed by atoms with Crippen LogP contribution in [0.3, 0.4) is 0 Å². The molecule has 1 aliphatic heterocycles. The molecule has 0 aliphatic carbocycles. The van der Waals surface area contributed by atoms with Gasteiger partial charge in [0.1, 0.15) is 0 Å². The molecule has 0 aromatic heterocycles. The van der Waals surface area contributed by atoms with Crippen LogP contribution in [0.5, 0.6) is 0 Å². The number of carbonyl (C=O) groups excluding carboxylic acids is 1. The van der Waals surface area contributed by atoms with Gasteiger partial charge in [0, 0.05) is 14.2 Å². The Morgan fingerprint density at radius 1 is 1.50 bits per heavy atom. The van der Waals surface area contributed by atoms with Crippen LogP contribution in [0.25, 0.3) is 0 Å². The highest BCUT2D eigenvalue weighted by Gasteiger charge is 2.40. The van der Waals surface area contributed by atoms with E-state index in [0.717, 1.165) is 0 Å². The van der Waals surface area contributed by atoms with E-state index in [4.69, 9.17) is 0 Å². The Kier molecular flexibility index (Phi) is 1.64. The minimum atomic E-state index is -1.64. The third kappa shape index (κ3) is 0.981. The van der Waals surface area contributed by atoms with Gasteiger partial charge in [0.15, 0.2) is 0 Å². The molecule has 1 aliphatic rings. The molecule has 0 spiro atoms. The van der Waals surface area contributed by atoms with E-state index in [1.807, 2.05) is 0 Å². The van der Waals surface area contributed by atoms with Crippen LogP contribution in [0.4, 0.5) is 4.79 Å². The van der Waals surface area contributed by atoms with Crippen LogP contribution >= 0.6 is 0 Å². The van der Waals surface area contributed by atoms with Gasteiger partial charge in [0.2, 0.25) is 0 Å². The summed E-state index contributed by atoms with van der Waals surface area (Å²) in [5, 5.41) is 6.34. The molecule has 0 aromatic rings. The molecule has 56 valence electrons. The molecule has 0 bridgehead atoms. The molecular weight excluding hydrogens is 140 g/mol. The third-order valence-corrected chi connectivity index (χ3v) is 0.986. The number of amides is 1. The van der Waals surface area contributed by atoms with Crippen LogP contribution in [0.15, 0.2) is 10.2 Å². The van der Waals surface area contributed by atoms with E-state index >= 15 is 0 Å². The summed E-state index contributed by atoms with van der Waals surface area (Å²) in [5.41, 5.74) is 0. The first-order valence-corrected chi connectivity index (χ1v) is 2.48. The first-order valence-electron chi connectivity index (χ1n) is 2.48. The summed E-state index contributed by atoms with van der Waals surface area (Å²) in [6.45, 7) is 0. The Morgan fingerprint density at radius 2 is 2.10 bits per heavy atom. The molecule has 0 saturated heterocycles. The van der Waals surface area contributed by atoms with E-state index < -0.39 is 12.2 Å². The van der Waals surface area contributed by atoms with E-state index in [-0.39, 0.29) is 0 Å². The molecule has 1 amide bonds. The third-order valence-electron chi connectivity index (χ3n) is 0.986. The van der Waals surface area contributed by atoms with E-state index in [1.165, 1.54) is 14.2 Å². The highest BCUT2D eigenvalue weighted by atomic mass is 16.9. The molecule has 0 saturated carbocycles. The molecule has 6 heteroatoms.